The van der Waals surface area contributed by atoms with Gasteiger partial charge in [-0.05, 0) is 37.1 Å². The van der Waals surface area contributed by atoms with Gasteiger partial charge in [-0.1, -0.05) is 31.7 Å². The zero-order valence-corrected chi connectivity index (χ0v) is 12.4. The minimum Gasteiger partial charge on any atom is -0.491 e. The number of ether oxygens (including phenoxy) is 1. The monoisotopic (exact) mass is 288 g/mol. The highest BCUT2D eigenvalue weighted by atomic mass is 16.5. The third-order valence-electron chi connectivity index (χ3n) is 3.99. The summed E-state index contributed by atoms with van der Waals surface area (Å²) >= 11 is 0. The van der Waals surface area contributed by atoms with Crippen molar-refractivity contribution < 1.29 is 9.84 Å². The van der Waals surface area contributed by atoms with Crippen molar-refractivity contribution in [3.05, 3.63) is 29.8 Å². The first-order valence-electron chi connectivity index (χ1n) is 7.79. The molecule has 21 heavy (non-hydrogen) atoms. The van der Waals surface area contributed by atoms with Gasteiger partial charge in [0.05, 0.1) is 11.6 Å². The number of aliphatic hydroxyl groups is 1. The van der Waals surface area contributed by atoms with Crippen LogP contribution in [0.1, 0.15) is 37.7 Å². The Morgan fingerprint density at radius 1 is 1.38 bits per heavy atom. The van der Waals surface area contributed by atoms with Gasteiger partial charge in [-0.3, -0.25) is 0 Å². The van der Waals surface area contributed by atoms with Crippen molar-refractivity contribution in [3.63, 3.8) is 0 Å². The van der Waals surface area contributed by atoms with Crippen LogP contribution < -0.4 is 10.1 Å². The number of aliphatic hydroxyl groups excluding tert-OH is 1. The Kier molecular flexibility index (Phi) is 6.52. The van der Waals surface area contributed by atoms with Crippen LogP contribution in [0.4, 0.5) is 0 Å². The van der Waals surface area contributed by atoms with E-state index in [1.807, 2.05) is 0 Å². The molecular weight excluding hydrogens is 264 g/mol. The summed E-state index contributed by atoms with van der Waals surface area (Å²) < 4.78 is 5.50. The second-order valence-electron chi connectivity index (χ2n) is 5.75. The molecule has 2 rings (SSSR count). The van der Waals surface area contributed by atoms with Gasteiger partial charge in [0.25, 0.3) is 0 Å². The molecule has 4 nitrogen and oxygen atoms in total. The zero-order valence-electron chi connectivity index (χ0n) is 12.4. The van der Waals surface area contributed by atoms with Crippen LogP contribution in [0.3, 0.4) is 0 Å². The smallest absolute Gasteiger partial charge is 0.120 e. The molecule has 1 fully saturated rings. The Balaban J connectivity index is 1.58. The van der Waals surface area contributed by atoms with Crippen molar-refractivity contribution in [2.45, 2.75) is 38.2 Å². The number of benzene rings is 1. The van der Waals surface area contributed by atoms with Crippen LogP contribution in [0, 0.1) is 17.2 Å². The summed E-state index contributed by atoms with van der Waals surface area (Å²) in [5.74, 6) is 1.50. The van der Waals surface area contributed by atoms with E-state index >= 15 is 0 Å². The maximum atomic E-state index is 9.88. The summed E-state index contributed by atoms with van der Waals surface area (Å²) in [6, 6.07) is 9.05. The molecule has 1 aliphatic rings. The van der Waals surface area contributed by atoms with E-state index < -0.39 is 6.10 Å². The number of hydrogen-bond donors (Lipinski definition) is 2. The Labute approximate surface area is 126 Å². The standard InChI is InChI=1S/C17H24N2O2/c18-11-15-6-3-7-17(10-15)21-13-16(20)12-19-9-8-14-4-1-2-5-14/h3,6-7,10,14,16,19-20H,1-2,4-5,8-9,12-13H2. The fourth-order valence-electron chi connectivity index (χ4n) is 2.78. The summed E-state index contributed by atoms with van der Waals surface area (Å²) in [5, 5.41) is 22.0. The minimum absolute atomic E-state index is 0.241. The summed E-state index contributed by atoms with van der Waals surface area (Å²) in [6.45, 7) is 1.75. The molecule has 2 N–H and O–H groups in total. The lowest BCUT2D eigenvalue weighted by Gasteiger charge is -2.14. The maximum absolute atomic E-state index is 9.88. The van der Waals surface area contributed by atoms with Crippen LogP contribution in [-0.2, 0) is 0 Å². The number of nitrogens with one attached hydrogen (secondary N) is 1. The lowest BCUT2D eigenvalue weighted by atomic mass is 10.0. The predicted molar refractivity (Wildman–Crippen MR) is 82.1 cm³/mol. The zero-order chi connectivity index (χ0) is 14.9. The molecule has 1 aromatic rings. The molecule has 0 spiro atoms. The van der Waals surface area contributed by atoms with Gasteiger partial charge >= 0.3 is 0 Å². The highest BCUT2D eigenvalue weighted by Gasteiger charge is 2.14. The molecule has 1 aromatic carbocycles. The first-order valence-corrected chi connectivity index (χ1v) is 7.79. The number of rotatable bonds is 8. The van der Waals surface area contributed by atoms with E-state index in [9.17, 15) is 5.11 Å². The highest BCUT2D eigenvalue weighted by molar-refractivity contribution is 5.36. The Bertz CT molecular complexity index is 464. The predicted octanol–water partition coefficient (Wildman–Crippen LogP) is 2.47. The lowest BCUT2D eigenvalue weighted by molar-refractivity contribution is 0.106. The third-order valence-corrected chi connectivity index (χ3v) is 3.99. The molecule has 1 aliphatic carbocycles. The molecule has 0 aliphatic heterocycles. The Morgan fingerprint density at radius 3 is 2.95 bits per heavy atom. The van der Waals surface area contributed by atoms with E-state index in [-0.39, 0.29) is 6.61 Å². The summed E-state index contributed by atoms with van der Waals surface area (Å²) in [4.78, 5) is 0. The van der Waals surface area contributed by atoms with Gasteiger partial charge in [-0.25, -0.2) is 0 Å². The Morgan fingerprint density at radius 2 is 2.19 bits per heavy atom. The normalized spacial score (nSPS) is 16.6. The van der Waals surface area contributed by atoms with Gasteiger partial charge in [0, 0.05) is 6.54 Å². The summed E-state index contributed by atoms with van der Waals surface area (Å²) in [5.41, 5.74) is 0.566. The van der Waals surface area contributed by atoms with E-state index in [1.54, 1.807) is 24.3 Å². The van der Waals surface area contributed by atoms with E-state index in [4.69, 9.17) is 10.00 Å². The summed E-state index contributed by atoms with van der Waals surface area (Å²) in [7, 11) is 0. The molecule has 4 heteroatoms. The first kappa shape index (κ1) is 15.8. The van der Waals surface area contributed by atoms with E-state index in [0.717, 1.165) is 12.5 Å². The van der Waals surface area contributed by atoms with Crippen molar-refractivity contribution >= 4 is 0 Å². The van der Waals surface area contributed by atoms with Crippen LogP contribution in [-0.4, -0.2) is 30.9 Å². The van der Waals surface area contributed by atoms with Crippen molar-refractivity contribution in [2.75, 3.05) is 19.7 Å². The number of hydrogen-bond acceptors (Lipinski definition) is 4. The van der Waals surface area contributed by atoms with Crippen LogP contribution in [0.5, 0.6) is 5.75 Å². The molecule has 1 unspecified atom stereocenters. The van der Waals surface area contributed by atoms with Gasteiger partial charge in [-0.2, -0.15) is 5.26 Å². The van der Waals surface area contributed by atoms with E-state index in [0.29, 0.717) is 17.9 Å². The fraction of sp³-hybridized carbons (Fsp3) is 0.588. The molecule has 0 amide bonds. The lowest BCUT2D eigenvalue weighted by Crippen LogP contribution is -2.32. The van der Waals surface area contributed by atoms with Crippen LogP contribution in [0.15, 0.2) is 24.3 Å². The fourth-order valence-corrected chi connectivity index (χ4v) is 2.78. The average molecular weight is 288 g/mol. The molecule has 0 saturated heterocycles. The second-order valence-corrected chi connectivity index (χ2v) is 5.75. The quantitative estimate of drug-likeness (QED) is 0.721. The van der Waals surface area contributed by atoms with Gasteiger partial charge in [0.15, 0.2) is 0 Å². The topological polar surface area (TPSA) is 65.3 Å². The molecule has 0 radical (unpaired) electrons. The molecule has 1 saturated carbocycles. The SMILES string of the molecule is N#Cc1cccc(OCC(O)CNCCC2CCCC2)c1. The summed E-state index contributed by atoms with van der Waals surface area (Å²) in [6.07, 6.45) is 6.16. The van der Waals surface area contributed by atoms with Gasteiger partial charge in [-0.15, -0.1) is 0 Å². The average Bonchev–Trinajstić information content (AvgIpc) is 3.03. The molecular formula is C17H24N2O2. The van der Waals surface area contributed by atoms with Gasteiger partial charge < -0.3 is 15.2 Å². The molecule has 0 heterocycles. The van der Waals surface area contributed by atoms with E-state index in [1.165, 1.54) is 32.1 Å². The minimum atomic E-state index is -0.528. The van der Waals surface area contributed by atoms with Gasteiger partial charge in [0.2, 0.25) is 0 Å². The molecule has 1 atom stereocenters. The Hall–Kier alpha value is -1.57. The van der Waals surface area contributed by atoms with Crippen molar-refractivity contribution in [1.82, 2.24) is 5.32 Å². The number of nitriles is 1. The molecule has 0 aromatic heterocycles. The largest absolute Gasteiger partial charge is 0.491 e. The van der Waals surface area contributed by atoms with Crippen molar-refractivity contribution in [2.24, 2.45) is 5.92 Å². The maximum Gasteiger partial charge on any atom is 0.120 e. The number of nitrogens with zero attached hydrogens (tertiary/aromatic N) is 1. The van der Waals surface area contributed by atoms with Crippen LogP contribution >= 0.6 is 0 Å². The first-order chi connectivity index (χ1) is 10.3. The molecule has 0 bridgehead atoms. The van der Waals surface area contributed by atoms with Crippen molar-refractivity contribution in [1.29, 1.82) is 5.26 Å². The van der Waals surface area contributed by atoms with Crippen LogP contribution in [0.25, 0.3) is 0 Å². The van der Waals surface area contributed by atoms with Crippen LogP contribution in [0.2, 0.25) is 0 Å². The molecule has 114 valence electrons. The van der Waals surface area contributed by atoms with E-state index in [2.05, 4.69) is 11.4 Å². The third kappa shape index (κ3) is 5.74. The van der Waals surface area contributed by atoms with Crippen molar-refractivity contribution in [3.8, 4) is 11.8 Å². The van der Waals surface area contributed by atoms with Gasteiger partial charge in [0.1, 0.15) is 18.5 Å². The second kappa shape index (κ2) is 8.66. The highest BCUT2D eigenvalue weighted by Crippen LogP contribution is 2.26.